The highest BCUT2D eigenvalue weighted by molar-refractivity contribution is 6.34. The van der Waals surface area contributed by atoms with E-state index in [4.69, 9.17) is 11.6 Å². The Morgan fingerprint density at radius 2 is 2.23 bits per heavy atom. The van der Waals surface area contributed by atoms with E-state index in [1.807, 2.05) is 0 Å². The maximum absolute atomic E-state index is 11.2. The SMILES string of the molecule is CCOC(=O)C(C)(Cl)C(C)[N+](=O)[O-]. The molecule has 0 saturated heterocycles. The highest BCUT2D eigenvalue weighted by Gasteiger charge is 2.45. The second kappa shape index (κ2) is 4.41. The van der Waals surface area contributed by atoms with Crippen LogP contribution in [0.4, 0.5) is 0 Å². The van der Waals surface area contributed by atoms with Crippen molar-refractivity contribution >= 4 is 17.6 Å². The average Bonchev–Trinajstić information content (AvgIpc) is 2.03. The third kappa shape index (κ3) is 2.84. The fourth-order valence-corrected chi connectivity index (χ4v) is 0.775. The molecule has 0 rings (SSSR count). The van der Waals surface area contributed by atoms with Gasteiger partial charge in [0.2, 0.25) is 10.9 Å². The number of hydrogen-bond acceptors (Lipinski definition) is 4. The second-order valence-electron chi connectivity index (χ2n) is 2.76. The number of nitrogens with zero attached hydrogens (tertiary/aromatic N) is 1. The molecular formula is C7H12ClNO4. The number of esters is 1. The Morgan fingerprint density at radius 3 is 2.54 bits per heavy atom. The van der Waals surface area contributed by atoms with Gasteiger partial charge in [0.05, 0.1) is 6.61 Å². The van der Waals surface area contributed by atoms with Gasteiger partial charge in [-0.1, -0.05) is 11.6 Å². The molecule has 0 fully saturated rings. The van der Waals surface area contributed by atoms with Crippen molar-refractivity contribution in [3.63, 3.8) is 0 Å². The van der Waals surface area contributed by atoms with Crippen LogP contribution in [0.3, 0.4) is 0 Å². The molecule has 13 heavy (non-hydrogen) atoms. The molecule has 0 aliphatic rings. The van der Waals surface area contributed by atoms with Crippen LogP contribution >= 0.6 is 11.6 Å². The average molecular weight is 210 g/mol. The third-order valence-electron chi connectivity index (χ3n) is 1.78. The molecule has 0 bridgehead atoms. The Kier molecular flexibility index (Phi) is 4.13. The zero-order valence-corrected chi connectivity index (χ0v) is 8.50. The van der Waals surface area contributed by atoms with Crippen LogP contribution in [0.2, 0.25) is 0 Å². The number of nitro groups is 1. The minimum atomic E-state index is -1.60. The number of halogens is 1. The molecule has 0 spiro atoms. The predicted molar refractivity (Wildman–Crippen MR) is 47.3 cm³/mol. The standard InChI is InChI=1S/C7H12ClNO4/c1-4-13-6(10)7(3,8)5(2)9(11)12/h5H,4H2,1-3H3. The van der Waals surface area contributed by atoms with Gasteiger partial charge >= 0.3 is 5.97 Å². The quantitative estimate of drug-likeness (QED) is 0.302. The minimum Gasteiger partial charge on any atom is -0.464 e. The summed E-state index contributed by atoms with van der Waals surface area (Å²) in [6, 6.07) is -1.17. The zero-order chi connectivity index (χ0) is 10.6. The molecule has 0 radical (unpaired) electrons. The third-order valence-corrected chi connectivity index (χ3v) is 2.25. The van der Waals surface area contributed by atoms with E-state index in [1.165, 1.54) is 13.8 Å². The molecule has 76 valence electrons. The molecule has 0 aromatic rings. The van der Waals surface area contributed by atoms with E-state index >= 15 is 0 Å². The van der Waals surface area contributed by atoms with E-state index < -0.39 is 21.8 Å². The molecule has 2 unspecified atom stereocenters. The lowest BCUT2D eigenvalue weighted by Gasteiger charge is -2.20. The Hall–Kier alpha value is -0.840. The van der Waals surface area contributed by atoms with Crippen molar-refractivity contribution < 1.29 is 14.5 Å². The van der Waals surface area contributed by atoms with Crippen LogP contribution < -0.4 is 0 Å². The van der Waals surface area contributed by atoms with Gasteiger partial charge in [0.25, 0.3) is 0 Å². The van der Waals surface area contributed by atoms with Crippen molar-refractivity contribution in [2.75, 3.05) is 6.61 Å². The van der Waals surface area contributed by atoms with Crippen LogP contribution in [-0.4, -0.2) is 28.4 Å². The van der Waals surface area contributed by atoms with Crippen molar-refractivity contribution in [3.05, 3.63) is 10.1 Å². The van der Waals surface area contributed by atoms with E-state index in [1.54, 1.807) is 6.92 Å². The summed E-state index contributed by atoms with van der Waals surface area (Å²) >= 11 is 5.69. The van der Waals surface area contributed by atoms with Crippen LogP contribution in [0.15, 0.2) is 0 Å². The van der Waals surface area contributed by atoms with E-state index in [2.05, 4.69) is 4.74 Å². The normalized spacial score (nSPS) is 17.2. The van der Waals surface area contributed by atoms with Gasteiger partial charge in [0.1, 0.15) is 0 Å². The first kappa shape index (κ1) is 12.2. The Balaban J connectivity index is 4.54. The molecule has 0 amide bonds. The number of alkyl halides is 1. The van der Waals surface area contributed by atoms with Gasteiger partial charge in [-0.15, -0.1) is 0 Å². The topological polar surface area (TPSA) is 69.4 Å². The Labute approximate surface area is 81.2 Å². The van der Waals surface area contributed by atoms with Crippen molar-refractivity contribution in [1.82, 2.24) is 0 Å². The number of ether oxygens (including phenoxy) is 1. The number of carbonyl (C=O) groups is 1. The molecule has 0 aliphatic heterocycles. The first-order valence-electron chi connectivity index (χ1n) is 3.83. The van der Waals surface area contributed by atoms with E-state index in [-0.39, 0.29) is 6.61 Å². The summed E-state index contributed by atoms with van der Waals surface area (Å²) < 4.78 is 4.60. The molecule has 0 aromatic heterocycles. The predicted octanol–water partition coefficient (Wildman–Crippen LogP) is 1.21. The van der Waals surface area contributed by atoms with Gasteiger partial charge in [-0.3, -0.25) is 10.1 Å². The molecular weight excluding hydrogens is 198 g/mol. The van der Waals surface area contributed by atoms with Gasteiger partial charge in [-0.2, -0.15) is 0 Å². The molecule has 6 heteroatoms. The van der Waals surface area contributed by atoms with Crippen LogP contribution in [0.5, 0.6) is 0 Å². The van der Waals surface area contributed by atoms with Crippen molar-refractivity contribution in [2.24, 2.45) is 0 Å². The lowest BCUT2D eigenvalue weighted by Crippen LogP contribution is -2.45. The lowest BCUT2D eigenvalue weighted by atomic mass is 10.0. The number of carbonyl (C=O) groups excluding carboxylic acids is 1. The smallest absolute Gasteiger partial charge is 0.334 e. The van der Waals surface area contributed by atoms with Gasteiger partial charge < -0.3 is 4.74 Å². The first-order valence-corrected chi connectivity index (χ1v) is 4.21. The molecule has 0 aliphatic carbocycles. The van der Waals surface area contributed by atoms with Gasteiger partial charge in [0.15, 0.2) is 0 Å². The zero-order valence-electron chi connectivity index (χ0n) is 7.74. The largest absolute Gasteiger partial charge is 0.464 e. The second-order valence-corrected chi connectivity index (χ2v) is 3.54. The molecule has 0 heterocycles. The van der Waals surface area contributed by atoms with E-state index in [0.717, 1.165) is 0 Å². The maximum Gasteiger partial charge on any atom is 0.334 e. The van der Waals surface area contributed by atoms with E-state index in [0.29, 0.717) is 0 Å². The summed E-state index contributed by atoms with van der Waals surface area (Å²) in [5.74, 6) is -0.763. The Bertz CT molecular complexity index is 217. The van der Waals surface area contributed by atoms with Gasteiger partial charge in [-0.05, 0) is 13.8 Å². The summed E-state index contributed by atoms with van der Waals surface area (Å²) in [5, 5.41) is 10.4. The number of rotatable bonds is 4. The molecule has 0 saturated carbocycles. The Morgan fingerprint density at radius 1 is 1.77 bits per heavy atom. The highest BCUT2D eigenvalue weighted by Crippen LogP contribution is 2.23. The van der Waals surface area contributed by atoms with Crippen molar-refractivity contribution in [2.45, 2.75) is 31.7 Å². The summed E-state index contributed by atoms with van der Waals surface area (Å²) in [6.07, 6.45) is 0. The summed E-state index contributed by atoms with van der Waals surface area (Å²) in [7, 11) is 0. The summed E-state index contributed by atoms with van der Waals surface area (Å²) in [5.41, 5.74) is 0. The van der Waals surface area contributed by atoms with Crippen LogP contribution in [0.25, 0.3) is 0 Å². The van der Waals surface area contributed by atoms with Crippen LogP contribution in [-0.2, 0) is 9.53 Å². The minimum absolute atomic E-state index is 0.158. The maximum atomic E-state index is 11.2. The summed E-state index contributed by atoms with van der Waals surface area (Å²) in [6.45, 7) is 4.32. The van der Waals surface area contributed by atoms with E-state index in [9.17, 15) is 14.9 Å². The van der Waals surface area contributed by atoms with Crippen molar-refractivity contribution in [3.8, 4) is 0 Å². The van der Waals surface area contributed by atoms with Gasteiger partial charge in [0, 0.05) is 11.8 Å². The van der Waals surface area contributed by atoms with Crippen LogP contribution in [0.1, 0.15) is 20.8 Å². The molecule has 0 N–H and O–H groups in total. The fraction of sp³-hybridized carbons (Fsp3) is 0.857. The molecule has 0 aromatic carbocycles. The summed E-state index contributed by atoms with van der Waals surface area (Å²) in [4.78, 5) is 19.3. The molecule has 2 atom stereocenters. The van der Waals surface area contributed by atoms with Crippen LogP contribution in [0, 0.1) is 10.1 Å². The fourth-order valence-electron chi connectivity index (χ4n) is 0.641. The lowest BCUT2D eigenvalue weighted by molar-refractivity contribution is -0.521. The van der Waals surface area contributed by atoms with Gasteiger partial charge in [-0.25, -0.2) is 4.79 Å². The monoisotopic (exact) mass is 209 g/mol. The first-order chi connectivity index (χ1) is 5.84. The van der Waals surface area contributed by atoms with Crippen molar-refractivity contribution in [1.29, 1.82) is 0 Å². The highest BCUT2D eigenvalue weighted by atomic mass is 35.5. The number of hydrogen-bond donors (Lipinski definition) is 0. The molecule has 5 nitrogen and oxygen atoms in total.